The van der Waals surface area contributed by atoms with Gasteiger partial charge in [0, 0.05) is 44.0 Å². The summed E-state index contributed by atoms with van der Waals surface area (Å²) in [5.74, 6) is 1.81. The molecule has 2 aromatic heterocycles. The van der Waals surface area contributed by atoms with Gasteiger partial charge in [-0.1, -0.05) is 52.0 Å². The van der Waals surface area contributed by atoms with E-state index in [1.54, 1.807) is 0 Å². The second-order valence-corrected chi connectivity index (χ2v) is 15.9. The lowest BCUT2D eigenvalue weighted by molar-refractivity contribution is -0.138. The molecule has 14 heteroatoms. The number of carbonyl (C=O) groups excluding carboxylic acids is 3. The zero-order valence-electron chi connectivity index (χ0n) is 32.4. The summed E-state index contributed by atoms with van der Waals surface area (Å²) >= 11 is 0. The van der Waals surface area contributed by atoms with Crippen LogP contribution in [0.15, 0.2) is 36.7 Å². The Morgan fingerprint density at radius 3 is 1.96 bits per heavy atom. The molecule has 1 saturated carbocycles. The summed E-state index contributed by atoms with van der Waals surface area (Å²) in [5, 5.41) is 12.3. The number of carboxylic acid groups (broad SMARTS) is 1. The van der Waals surface area contributed by atoms with E-state index in [0.717, 1.165) is 84.9 Å². The highest BCUT2D eigenvalue weighted by Gasteiger charge is 2.40. The van der Waals surface area contributed by atoms with Gasteiger partial charge in [-0.25, -0.2) is 19.6 Å². The van der Waals surface area contributed by atoms with Crippen LogP contribution in [0.4, 0.5) is 9.59 Å². The Bertz CT molecular complexity index is 1780. The lowest BCUT2D eigenvalue weighted by atomic mass is 9.77. The summed E-state index contributed by atoms with van der Waals surface area (Å²) in [7, 11) is 2.76. The van der Waals surface area contributed by atoms with E-state index in [1.165, 1.54) is 19.7 Å². The fraction of sp³-hybridized carbons (Fsp3) is 0.600. The summed E-state index contributed by atoms with van der Waals surface area (Å²) in [5.41, 5.74) is 4.19. The fourth-order valence-corrected chi connectivity index (χ4v) is 8.73. The van der Waals surface area contributed by atoms with Gasteiger partial charge in [-0.3, -0.25) is 14.5 Å². The van der Waals surface area contributed by atoms with E-state index in [1.807, 2.05) is 49.9 Å². The Morgan fingerprint density at radius 1 is 0.815 bits per heavy atom. The second-order valence-electron chi connectivity index (χ2n) is 15.9. The van der Waals surface area contributed by atoms with Crippen molar-refractivity contribution >= 4 is 24.0 Å². The molecule has 4 amide bonds. The number of hydrogen-bond acceptors (Lipinski definition) is 7. The standard InChI is InChI=1S/C40H56N8O6/c1-23(2)33(45-39(51)54-6)37(49)47-19-7-9-31(47)35-41-21-29(43-35)27-15-11-25(12-16-27)26-13-17-28(18-14-26)30-22-42-36(44-30)32-10-8-20-48(32)38(50)34(24(3)4)46(5)40(52)53/h11-12,15-16,21-24,26,28,31-34H,7-10,13-14,17-20H2,1-6H3,(H,41,43)(H,42,44)(H,45,51)(H,52,53)/t26?,28?,31-,32-,33-,34-/m0/s1. The molecule has 1 aliphatic carbocycles. The first-order chi connectivity index (χ1) is 25.9. The van der Waals surface area contributed by atoms with Crippen molar-refractivity contribution in [2.75, 3.05) is 27.2 Å². The highest BCUT2D eigenvalue weighted by atomic mass is 16.5. The van der Waals surface area contributed by atoms with Crippen LogP contribution in [0.3, 0.4) is 0 Å². The van der Waals surface area contributed by atoms with Crippen molar-refractivity contribution in [1.82, 2.24) is 40.0 Å². The van der Waals surface area contributed by atoms with Crippen molar-refractivity contribution in [3.05, 3.63) is 59.6 Å². The highest BCUT2D eigenvalue weighted by Crippen LogP contribution is 2.41. The third-order valence-electron chi connectivity index (χ3n) is 11.7. The molecule has 54 heavy (non-hydrogen) atoms. The van der Waals surface area contributed by atoms with Gasteiger partial charge < -0.3 is 34.9 Å². The number of imidazole rings is 2. The van der Waals surface area contributed by atoms with Crippen molar-refractivity contribution in [2.24, 2.45) is 11.8 Å². The molecular formula is C40H56N8O6. The first-order valence-corrected chi connectivity index (χ1v) is 19.5. The van der Waals surface area contributed by atoms with Crippen LogP contribution in [0, 0.1) is 11.8 Å². The molecule has 0 unspecified atom stereocenters. The van der Waals surface area contributed by atoms with Crippen LogP contribution in [-0.2, 0) is 14.3 Å². The number of hydrogen-bond donors (Lipinski definition) is 4. The number of nitrogens with one attached hydrogen (secondary N) is 3. The molecule has 2 aliphatic heterocycles. The molecule has 4 N–H and O–H groups in total. The van der Waals surface area contributed by atoms with Gasteiger partial charge in [0.15, 0.2) is 0 Å². The monoisotopic (exact) mass is 744 g/mol. The Hall–Kier alpha value is -4.88. The van der Waals surface area contributed by atoms with E-state index in [4.69, 9.17) is 14.7 Å². The van der Waals surface area contributed by atoms with Crippen molar-refractivity contribution in [2.45, 2.75) is 115 Å². The van der Waals surface area contributed by atoms with Gasteiger partial charge in [0.2, 0.25) is 11.8 Å². The van der Waals surface area contributed by atoms with Crippen LogP contribution in [0.1, 0.15) is 126 Å². The number of alkyl carbamates (subject to hydrolysis) is 1. The molecule has 0 spiro atoms. The van der Waals surface area contributed by atoms with Crippen LogP contribution in [-0.4, -0.2) is 103 Å². The van der Waals surface area contributed by atoms with Crippen LogP contribution in [0.2, 0.25) is 0 Å². The first-order valence-electron chi connectivity index (χ1n) is 19.5. The van der Waals surface area contributed by atoms with E-state index >= 15 is 0 Å². The van der Waals surface area contributed by atoms with E-state index in [-0.39, 0.29) is 35.7 Å². The zero-order valence-corrected chi connectivity index (χ0v) is 32.4. The Kier molecular flexibility index (Phi) is 12.0. The maximum Gasteiger partial charge on any atom is 0.407 e. The highest BCUT2D eigenvalue weighted by molar-refractivity contribution is 5.87. The number of H-pyrrole nitrogens is 2. The number of methoxy groups -OCH3 is 1. The van der Waals surface area contributed by atoms with Crippen LogP contribution in [0.5, 0.6) is 0 Å². The minimum Gasteiger partial charge on any atom is -0.465 e. The molecule has 0 radical (unpaired) electrons. The molecule has 3 fully saturated rings. The third-order valence-corrected chi connectivity index (χ3v) is 11.7. The normalized spacial score (nSPS) is 22.7. The molecule has 3 aromatic rings. The molecule has 1 aromatic carbocycles. The number of aromatic amines is 2. The zero-order chi connectivity index (χ0) is 38.7. The molecule has 0 bridgehead atoms. The molecule has 4 heterocycles. The number of likely N-dealkylation sites (N-methyl/N-ethyl adjacent to an activating group) is 1. The summed E-state index contributed by atoms with van der Waals surface area (Å²) in [6.45, 7) is 8.78. The largest absolute Gasteiger partial charge is 0.465 e. The van der Waals surface area contributed by atoms with E-state index in [9.17, 15) is 24.3 Å². The van der Waals surface area contributed by atoms with E-state index < -0.39 is 24.3 Å². The van der Waals surface area contributed by atoms with Gasteiger partial charge in [0.25, 0.3) is 0 Å². The maximum atomic E-state index is 13.6. The molecule has 6 rings (SSSR count). The second kappa shape index (κ2) is 16.6. The van der Waals surface area contributed by atoms with Crippen LogP contribution in [0.25, 0.3) is 11.3 Å². The number of likely N-dealkylation sites (tertiary alicyclic amines) is 2. The van der Waals surface area contributed by atoms with Crippen LogP contribution >= 0.6 is 0 Å². The number of amides is 4. The number of nitrogens with zero attached hydrogens (tertiary/aromatic N) is 5. The molecular weight excluding hydrogens is 688 g/mol. The lowest BCUT2D eigenvalue weighted by Crippen LogP contribution is -2.51. The first kappa shape index (κ1) is 38.8. The summed E-state index contributed by atoms with van der Waals surface area (Å²) < 4.78 is 4.76. The molecule has 2 saturated heterocycles. The number of aromatic nitrogens is 4. The minimum atomic E-state index is -1.10. The predicted octanol–water partition coefficient (Wildman–Crippen LogP) is 6.58. The average Bonchev–Trinajstić information content (AvgIpc) is 4.00. The molecule has 3 aliphatic rings. The van der Waals surface area contributed by atoms with Gasteiger partial charge in [0.1, 0.15) is 23.7 Å². The van der Waals surface area contributed by atoms with Gasteiger partial charge in [0.05, 0.1) is 30.6 Å². The molecule has 4 atom stereocenters. The van der Waals surface area contributed by atoms with Crippen molar-refractivity contribution in [1.29, 1.82) is 0 Å². The van der Waals surface area contributed by atoms with Crippen LogP contribution < -0.4 is 5.32 Å². The van der Waals surface area contributed by atoms with Gasteiger partial charge >= 0.3 is 12.2 Å². The summed E-state index contributed by atoms with van der Waals surface area (Å²) in [4.78, 5) is 72.2. The van der Waals surface area contributed by atoms with Crippen molar-refractivity contribution in [3.63, 3.8) is 0 Å². The number of carbonyl (C=O) groups is 4. The lowest BCUT2D eigenvalue weighted by Gasteiger charge is -2.33. The Morgan fingerprint density at radius 2 is 1.39 bits per heavy atom. The topological polar surface area (TPSA) is 177 Å². The third kappa shape index (κ3) is 8.12. The van der Waals surface area contributed by atoms with E-state index in [2.05, 4.69) is 39.6 Å². The molecule has 14 nitrogen and oxygen atoms in total. The summed E-state index contributed by atoms with van der Waals surface area (Å²) in [6, 6.07) is 6.89. The number of benzene rings is 1. The fourth-order valence-electron chi connectivity index (χ4n) is 8.73. The van der Waals surface area contributed by atoms with Gasteiger partial charge in [-0.15, -0.1) is 0 Å². The van der Waals surface area contributed by atoms with Crippen molar-refractivity contribution < 1.29 is 29.0 Å². The average molecular weight is 745 g/mol. The van der Waals surface area contributed by atoms with Crippen molar-refractivity contribution in [3.8, 4) is 11.3 Å². The number of ether oxygens (including phenoxy) is 1. The van der Waals surface area contributed by atoms with E-state index in [0.29, 0.717) is 24.9 Å². The Balaban J connectivity index is 1.05. The number of rotatable bonds is 11. The minimum absolute atomic E-state index is 0.0944. The smallest absolute Gasteiger partial charge is 0.407 e. The summed E-state index contributed by atoms with van der Waals surface area (Å²) in [6.07, 6.45) is 9.65. The maximum absolute atomic E-state index is 13.6. The Labute approximate surface area is 317 Å². The quantitative estimate of drug-likeness (QED) is 0.170. The van der Waals surface area contributed by atoms with Gasteiger partial charge in [-0.2, -0.15) is 0 Å². The predicted molar refractivity (Wildman–Crippen MR) is 203 cm³/mol. The van der Waals surface area contributed by atoms with Gasteiger partial charge in [-0.05, 0) is 74.7 Å². The molecule has 292 valence electrons. The SMILES string of the molecule is COC(=O)N[C@H](C(=O)N1CCC[C@H]1c1nc(-c2ccc(C3CCC(c4c[nH]c([C@@H]5CCCN5C(=O)[C@H](C(C)C)N(C)C(=O)O)n4)CC3)cc2)c[nH]1)C(C)C.